The Bertz CT molecular complexity index is 677. The first kappa shape index (κ1) is 16.9. The first-order valence-electron chi connectivity index (χ1n) is 6.88. The van der Waals surface area contributed by atoms with Crippen molar-refractivity contribution in [3.8, 4) is 0 Å². The van der Waals surface area contributed by atoms with Gasteiger partial charge in [-0.1, -0.05) is 12.1 Å². The van der Waals surface area contributed by atoms with Crippen molar-refractivity contribution in [2.75, 3.05) is 13.2 Å². The molecule has 1 aromatic carbocycles. The highest BCUT2D eigenvalue weighted by molar-refractivity contribution is 7.88. The van der Waals surface area contributed by atoms with Gasteiger partial charge in [0.05, 0.1) is 18.5 Å². The molecule has 22 heavy (non-hydrogen) atoms. The number of nitrogens with two attached hydrogens (primary N) is 1. The zero-order valence-corrected chi connectivity index (χ0v) is 13.3. The van der Waals surface area contributed by atoms with Gasteiger partial charge in [-0.3, -0.25) is 4.79 Å². The Kier molecular flexibility index (Phi) is 4.84. The molecule has 0 radical (unpaired) electrons. The molecule has 0 spiro atoms. The van der Waals surface area contributed by atoms with Crippen molar-refractivity contribution in [1.82, 2.24) is 4.31 Å². The maximum absolute atomic E-state index is 13.6. The number of morpholine rings is 1. The molecule has 1 heterocycles. The number of benzene rings is 1. The molecule has 122 valence electrons. The highest BCUT2D eigenvalue weighted by Crippen LogP contribution is 2.21. The molecule has 1 aromatic rings. The van der Waals surface area contributed by atoms with Crippen molar-refractivity contribution in [1.29, 1.82) is 0 Å². The third-order valence-corrected chi connectivity index (χ3v) is 5.50. The van der Waals surface area contributed by atoms with E-state index in [4.69, 9.17) is 10.5 Å². The van der Waals surface area contributed by atoms with Gasteiger partial charge < -0.3 is 10.5 Å². The smallest absolute Gasteiger partial charge is 0.238 e. The Hall–Kier alpha value is -1.51. The van der Waals surface area contributed by atoms with Gasteiger partial charge in [0.15, 0.2) is 0 Å². The second-order valence-corrected chi connectivity index (χ2v) is 7.30. The molecular weight excluding hydrogens is 311 g/mol. The van der Waals surface area contributed by atoms with Crippen LogP contribution in [0.25, 0.3) is 0 Å². The van der Waals surface area contributed by atoms with Crippen LogP contribution in [0.5, 0.6) is 0 Å². The van der Waals surface area contributed by atoms with Crippen LogP contribution in [0.4, 0.5) is 4.39 Å². The van der Waals surface area contributed by atoms with E-state index in [1.165, 1.54) is 12.1 Å². The van der Waals surface area contributed by atoms with E-state index in [2.05, 4.69) is 0 Å². The standard InChI is InChI=1S/C14H19FN2O4S/c1-9-3-4-11(7-12(9)15)8-22(19,20)17-5-6-21-10(2)13(17)14(16)18/h3-4,7,10,13H,5-6,8H2,1-2H3,(H2,16,18)/t10-,13+/m1/s1. The zero-order valence-electron chi connectivity index (χ0n) is 12.5. The monoisotopic (exact) mass is 330 g/mol. The van der Waals surface area contributed by atoms with E-state index in [9.17, 15) is 17.6 Å². The van der Waals surface area contributed by atoms with Crippen LogP contribution in [0.15, 0.2) is 18.2 Å². The van der Waals surface area contributed by atoms with E-state index in [0.29, 0.717) is 11.1 Å². The molecule has 2 atom stereocenters. The second-order valence-electron chi connectivity index (χ2n) is 5.37. The fraction of sp³-hybridized carbons (Fsp3) is 0.500. The van der Waals surface area contributed by atoms with Crippen LogP contribution >= 0.6 is 0 Å². The van der Waals surface area contributed by atoms with Crippen LogP contribution < -0.4 is 5.73 Å². The number of carbonyl (C=O) groups excluding carboxylic acids is 1. The van der Waals surface area contributed by atoms with Gasteiger partial charge in [0.2, 0.25) is 15.9 Å². The first-order valence-corrected chi connectivity index (χ1v) is 8.49. The second kappa shape index (κ2) is 6.31. The number of ether oxygens (including phenoxy) is 1. The summed E-state index contributed by atoms with van der Waals surface area (Å²) in [4.78, 5) is 11.5. The van der Waals surface area contributed by atoms with Crippen LogP contribution in [0.1, 0.15) is 18.1 Å². The molecule has 2 rings (SSSR count). The molecule has 8 heteroatoms. The van der Waals surface area contributed by atoms with E-state index in [1.54, 1.807) is 19.9 Å². The molecule has 6 nitrogen and oxygen atoms in total. The van der Waals surface area contributed by atoms with Crippen LogP contribution in [0.3, 0.4) is 0 Å². The van der Waals surface area contributed by atoms with Gasteiger partial charge in [-0.05, 0) is 31.0 Å². The lowest BCUT2D eigenvalue weighted by molar-refractivity contribution is -0.130. The SMILES string of the molecule is Cc1ccc(CS(=O)(=O)N2CCO[C@H](C)[C@H]2C(N)=O)cc1F. The fourth-order valence-electron chi connectivity index (χ4n) is 2.50. The van der Waals surface area contributed by atoms with Crippen LogP contribution in [-0.2, 0) is 25.3 Å². The molecule has 0 aliphatic carbocycles. The Balaban J connectivity index is 2.28. The number of amides is 1. The molecule has 0 saturated carbocycles. The predicted molar refractivity (Wildman–Crippen MR) is 78.9 cm³/mol. The number of rotatable bonds is 4. The minimum atomic E-state index is -3.81. The van der Waals surface area contributed by atoms with Crippen molar-refractivity contribution >= 4 is 15.9 Å². The maximum Gasteiger partial charge on any atom is 0.238 e. The average Bonchev–Trinajstić information content (AvgIpc) is 2.42. The third-order valence-electron chi connectivity index (χ3n) is 3.68. The Morgan fingerprint density at radius 1 is 1.50 bits per heavy atom. The summed E-state index contributed by atoms with van der Waals surface area (Å²) in [5, 5.41) is 0. The molecule has 0 aromatic heterocycles. The lowest BCUT2D eigenvalue weighted by Crippen LogP contribution is -2.58. The zero-order chi connectivity index (χ0) is 16.5. The molecule has 1 saturated heterocycles. The number of carbonyl (C=O) groups is 1. The van der Waals surface area contributed by atoms with Crippen LogP contribution in [0, 0.1) is 12.7 Å². The molecule has 1 aliphatic heterocycles. The molecule has 1 aliphatic rings. The number of nitrogens with zero attached hydrogens (tertiary/aromatic N) is 1. The minimum Gasteiger partial charge on any atom is -0.375 e. The Morgan fingerprint density at radius 2 is 2.18 bits per heavy atom. The molecule has 2 N–H and O–H groups in total. The first-order chi connectivity index (χ1) is 10.2. The van der Waals surface area contributed by atoms with Crippen LogP contribution in [0.2, 0.25) is 0 Å². The number of hydrogen-bond donors (Lipinski definition) is 1. The molecule has 0 bridgehead atoms. The van der Waals surface area contributed by atoms with Gasteiger partial charge in [-0.15, -0.1) is 0 Å². The van der Waals surface area contributed by atoms with E-state index < -0.39 is 33.9 Å². The van der Waals surface area contributed by atoms with Gasteiger partial charge in [0.25, 0.3) is 0 Å². The summed E-state index contributed by atoms with van der Waals surface area (Å²) in [7, 11) is -3.81. The third kappa shape index (κ3) is 3.45. The number of primary amides is 1. The number of sulfonamides is 1. The topological polar surface area (TPSA) is 89.7 Å². The number of halogens is 1. The van der Waals surface area contributed by atoms with Crippen molar-refractivity contribution < 1.29 is 22.3 Å². The van der Waals surface area contributed by atoms with Crippen molar-refractivity contribution in [3.63, 3.8) is 0 Å². The van der Waals surface area contributed by atoms with E-state index in [1.807, 2.05) is 0 Å². The lowest BCUT2D eigenvalue weighted by Gasteiger charge is -2.36. The van der Waals surface area contributed by atoms with E-state index in [-0.39, 0.29) is 18.9 Å². The summed E-state index contributed by atoms with van der Waals surface area (Å²) >= 11 is 0. The van der Waals surface area contributed by atoms with Gasteiger partial charge in [0.1, 0.15) is 11.9 Å². The summed E-state index contributed by atoms with van der Waals surface area (Å²) in [6.45, 7) is 3.43. The van der Waals surface area contributed by atoms with Crippen molar-refractivity contribution in [2.45, 2.75) is 31.7 Å². The summed E-state index contributed by atoms with van der Waals surface area (Å²) in [5.41, 5.74) is 6.06. The summed E-state index contributed by atoms with van der Waals surface area (Å²) in [6, 6.07) is 3.22. The highest BCUT2D eigenvalue weighted by atomic mass is 32.2. The summed E-state index contributed by atoms with van der Waals surface area (Å²) in [5.74, 6) is -1.61. The minimum absolute atomic E-state index is 0.0502. The molecule has 1 amide bonds. The summed E-state index contributed by atoms with van der Waals surface area (Å²) < 4.78 is 45.0. The molecule has 0 unspecified atom stereocenters. The largest absolute Gasteiger partial charge is 0.375 e. The summed E-state index contributed by atoms with van der Waals surface area (Å²) in [6.07, 6.45) is -0.615. The lowest BCUT2D eigenvalue weighted by atomic mass is 10.1. The van der Waals surface area contributed by atoms with Gasteiger partial charge in [0, 0.05) is 6.54 Å². The maximum atomic E-state index is 13.6. The molecule has 1 fully saturated rings. The quantitative estimate of drug-likeness (QED) is 0.872. The van der Waals surface area contributed by atoms with Crippen molar-refractivity contribution in [3.05, 3.63) is 35.1 Å². The normalized spacial score (nSPS) is 23.4. The van der Waals surface area contributed by atoms with Gasteiger partial charge in [-0.2, -0.15) is 4.31 Å². The fourth-order valence-corrected chi connectivity index (χ4v) is 4.24. The van der Waals surface area contributed by atoms with Crippen molar-refractivity contribution in [2.24, 2.45) is 5.73 Å². The average molecular weight is 330 g/mol. The van der Waals surface area contributed by atoms with Gasteiger partial charge in [-0.25, -0.2) is 12.8 Å². The predicted octanol–water partition coefficient (Wildman–Crippen LogP) is 0.539. The van der Waals surface area contributed by atoms with E-state index in [0.717, 1.165) is 4.31 Å². The Labute approximate surface area is 129 Å². The Morgan fingerprint density at radius 3 is 2.77 bits per heavy atom. The van der Waals surface area contributed by atoms with E-state index >= 15 is 0 Å². The highest BCUT2D eigenvalue weighted by Gasteiger charge is 2.40. The van der Waals surface area contributed by atoms with Gasteiger partial charge >= 0.3 is 0 Å². The molecular formula is C14H19FN2O4S. The number of hydrogen-bond acceptors (Lipinski definition) is 4. The number of aryl methyl sites for hydroxylation is 1. The van der Waals surface area contributed by atoms with Crippen LogP contribution in [-0.4, -0.2) is 43.9 Å².